The van der Waals surface area contributed by atoms with Crippen LogP contribution in [0.25, 0.3) is 11.1 Å². The lowest BCUT2D eigenvalue weighted by Gasteiger charge is -2.35. The minimum atomic E-state index is 0.217. The second kappa shape index (κ2) is 9.27. The third kappa shape index (κ3) is 4.63. The van der Waals surface area contributed by atoms with Gasteiger partial charge >= 0.3 is 0 Å². The Morgan fingerprint density at radius 1 is 1.00 bits per heavy atom. The predicted molar refractivity (Wildman–Crippen MR) is 125 cm³/mol. The second-order valence-corrected chi connectivity index (χ2v) is 8.33. The monoisotopic (exact) mass is 398 g/mol. The lowest BCUT2D eigenvalue weighted by atomic mass is 9.91. The normalized spacial score (nSPS) is 15.7. The topological polar surface area (TPSA) is 32.3 Å². The van der Waals surface area contributed by atoms with Crippen molar-refractivity contribution < 1.29 is 4.79 Å². The van der Waals surface area contributed by atoms with Gasteiger partial charge in [-0.2, -0.15) is 0 Å². The highest BCUT2D eigenvalue weighted by atomic mass is 16.2. The van der Waals surface area contributed by atoms with Crippen molar-refractivity contribution in [2.45, 2.75) is 26.2 Å². The van der Waals surface area contributed by atoms with Crippen LogP contribution in [0.5, 0.6) is 0 Å². The van der Waals surface area contributed by atoms with Crippen LogP contribution in [0.15, 0.2) is 72.8 Å². The summed E-state index contributed by atoms with van der Waals surface area (Å²) in [6.45, 7) is 3.82. The molecule has 3 aromatic carbocycles. The molecule has 0 saturated carbocycles. The van der Waals surface area contributed by atoms with Crippen LogP contribution < -0.4 is 10.2 Å². The predicted octanol–water partition coefficient (Wildman–Crippen LogP) is 5.02. The molecule has 0 aromatic heterocycles. The smallest absolute Gasteiger partial charge is 0.227 e. The van der Waals surface area contributed by atoms with Crippen molar-refractivity contribution in [2.75, 3.05) is 25.0 Å². The van der Waals surface area contributed by atoms with Gasteiger partial charge in [0, 0.05) is 18.7 Å². The van der Waals surface area contributed by atoms with E-state index in [1.165, 1.54) is 27.8 Å². The molecule has 3 aromatic rings. The highest BCUT2D eigenvalue weighted by molar-refractivity contribution is 5.95. The number of rotatable bonds is 6. The first-order valence-electron chi connectivity index (χ1n) is 10.8. The molecule has 0 aliphatic carbocycles. The van der Waals surface area contributed by atoms with E-state index < -0.39 is 0 Å². The van der Waals surface area contributed by atoms with Gasteiger partial charge in [-0.3, -0.25) is 4.79 Å². The quantitative estimate of drug-likeness (QED) is 0.632. The number of nitrogens with one attached hydrogen (secondary N) is 1. The number of aryl methyl sites for hydroxylation is 2. The van der Waals surface area contributed by atoms with Crippen LogP contribution in [0.4, 0.5) is 5.69 Å². The van der Waals surface area contributed by atoms with Crippen molar-refractivity contribution in [3.05, 3.63) is 89.5 Å². The largest absolute Gasteiger partial charge is 0.319 e. The van der Waals surface area contributed by atoms with E-state index in [2.05, 4.69) is 79.0 Å². The van der Waals surface area contributed by atoms with Gasteiger partial charge in [-0.05, 0) is 73.2 Å². The van der Waals surface area contributed by atoms with Gasteiger partial charge in [-0.25, -0.2) is 0 Å². The van der Waals surface area contributed by atoms with Crippen molar-refractivity contribution in [1.82, 2.24) is 5.32 Å². The van der Waals surface area contributed by atoms with Crippen LogP contribution in [0, 0.1) is 12.8 Å². The zero-order chi connectivity index (χ0) is 20.9. The first kappa shape index (κ1) is 20.4. The Labute approximate surface area is 179 Å². The number of fused-ring (bicyclic) bond motifs is 1. The van der Waals surface area contributed by atoms with Crippen molar-refractivity contribution >= 4 is 11.6 Å². The Kier molecular flexibility index (Phi) is 6.29. The minimum absolute atomic E-state index is 0.217. The maximum absolute atomic E-state index is 13.2. The number of carbonyl (C=O) groups is 1. The Hall–Kier alpha value is -2.91. The van der Waals surface area contributed by atoms with E-state index in [1.54, 1.807) is 0 Å². The van der Waals surface area contributed by atoms with E-state index in [9.17, 15) is 4.79 Å². The first-order chi connectivity index (χ1) is 14.6. The molecule has 0 fully saturated rings. The van der Waals surface area contributed by atoms with Gasteiger partial charge in [0.25, 0.3) is 0 Å². The molecule has 1 atom stereocenters. The Morgan fingerprint density at radius 3 is 2.47 bits per heavy atom. The molecule has 0 saturated heterocycles. The molecule has 30 heavy (non-hydrogen) atoms. The molecule has 0 radical (unpaired) electrons. The second-order valence-electron chi connectivity index (χ2n) is 8.33. The van der Waals surface area contributed by atoms with Crippen LogP contribution in [-0.4, -0.2) is 26.0 Å². The zero-order valence-corrected chi connectivity index (χ0v) is 17.9. The summed E-state index contributed by atoms with van der Waals surface area (Å²) >= 11 is 0. The van der Waals surface area contributed by atoms with Gasteiger partial charge < -0.3 is 10.2 Å². The van der Waals surface area contributed by atoms with Crippen LogP contribution in [0.2, 0.25) is 0 Å². The summed E-state index contributed by atoms with van der Waals surface area (Å²) < 4.78 is 0. The first-order valence-corrected chi connectivity index (χ1v) is 10.8. The fraction of sp³-hybridized carbons (Fsp3) is 0.296. The van der Waals surface area contributed by atoms with Gasteiger partial charge in [-0.1, -0.05) is 66.7 Å². The third-order valence-corrected chi connectivity index (χ3v) is 5.96. The highest BCUT2D eigenvalue weighted by Gasteiger charge is 2.28. The van der Waals surface area contributed by atoms with Crippen molar-refractivity contribution in [3.63, 3.8) is 0 Å². The molecule has 3 nitrogen and oxygen atoms in total. The van der Waals surface area contributed by atoms with Gasteiger partial charge in [0.15, 0.2) is 0 Å². The van der Waals surface area contributed by atoms with E-state index in [0.717, 1.165) is 31.6 Å². The highest BCUT2D eigenvalue weighted by Crippen LogP contribution is 2.31. The molecule has 4 rings (SSSR count). The van der Waals surface area contributed by atoms with Crippen LogP contribution in [-0.2, 0) is 17.6 Å². The van der Waals surface area contributed by atoms with E-state index in [4.69, 9.17) is 0 Å². The fourth-order valence-electron chi connectivity index (χ4n) is 4.37. The summed E-state index contributed by atoms with van der Waals surface area (Å²) in [5.74, 6) is 0.675. The molecule has 1 aliphatic heterocycles. The summed E-state index contributed by atoms with van der Waals surface area (Å²) in [6, 6.07) is 25.5. The fourth-order valence-corrected chi connectivity index (χ4v) is 4.37. The van der Waals surface area contributed by atoms with E-state index in [1.807, 2.05) is 18.0 Å². The van der Waals surface area contributed by atoms with E-state index >= 15 is 0 Å². The Bertz CT molecular complexity index is 995. The number of carbonyl (C=O) groups excluding carboxylic acids is 1. The lowest BCUT2D eigenvalue weighted by molar-refractivity contribution is -0.118. The summed E-state index contributed by atoms with van der Waals surface area (Å²) in [5.41, 5.74) is 7.22. The van der Waals surface area contributed by atoms with Crippen molar-refractivity contribution in [3.8, 4) is 11.1 Å². The average molecular weight is 399 g/mol. The minimum Gasteiger partial charge on any atom is -0.319 e. The van der Waals surface area contributed by atoms with Crippen molar-refractivity contribution in [1.29, 1.82) is 0 Å². The Balaban J connectivity index is 1.45. The molecule has 1 amide bonds. The average Bonchev–Trinajstić information content (AvgIpc) is 2.78. The summed E-state index contributed by atoms with van der Waals surface area (Å²) in [4.78, 5) is 15.2. The molecule has 0 spiro atoms. The van der Waals surface area contributed by atoms with Gasteiger partial charge in [0.2, 0.25) is 5.91 Å². The molecular weight excluding hydrogens is 368 g/mol. The molecule has 1 N–H and O–H groups in total. The summed E-state index contributed by atoms with van der Waals surface area (Å²) in [6.07, 6.45) is 2.33. The number of benzene rings is 3. The van der Waals surface area contributed by atoms with Crippen molar-refractivity contribution in [2.24, 2.45) is 5.92 Å². The van der Waals surface area contributed by atoms with Gasteiger partial charge in [-0.15, -0.1) is 0 Å². The maximum atomic E-state index is 13.2. The van der Waals surface area contributed by atoms with Crippen LogP contribution in [0.3, 0.4) is 0 Å². The van der Waals surface area contributed by atoms with Crippen LogP contribution in [0.1, 0.15) is 23.1 Å². The molecular formula is C27H30N2O. The zero-order valence-electron chi connectivity index (χ0n) is 17.9. The molecule has 1 aliphatic rings. The lowest BCUT2D eigenvalue weighted by Crippen LogP contribution is -2.43. The molecule has 1 unspecified atom stereocenters. The summed E-state index contributed by atoms with van der Waals surface area (Å²) in [5, 5.41) is 3.28. The standard InChI is InChI=1S/C27H30N2O/c1-20-8-12-25-17-22(18-28-2)19-29(26(25)16-20)27(30)15-11-21-9-13-24(14-10-21)23-6-4-3-5-7-23/h3-10,12-14,16,22,28H,11,15,17-19H2,1-2H3. The van der Waals surface area contributed by atoms with Crippen LogP contribution >= 0.6 is 0 Å². The number of anilines is 1. The number of nitrogens with zero attached hydrogens (tertiary/aromatic N) is 1. The van der Waals surface area contributed by atoms with E-state index in [-0.39, 0.29) is 5.91 Å². The number of hydrogen-bond acceptors (Lipinski definition) is 2. The molecule has 0 bridgehead atoms. The molecule has 1 heterocycles. The maximum Gasteiger partial charge on any atom is 0.227 e. The van der Waals surface area contributed by atoms with Gasteiger partial charge in [0.05, 0.1) is 0 Å². The molecule has 3 heteroatoms. The Morgan fingerprint density at radius 2 is 1.73 bits per heavy atom. The summed E-state index contributed by atoms with van der Waals surface area (Å²) in [7, 11) is 1.98. The van der Waals surface area contributed by atoms with E-state index in [0.29, 0.717) is 12.3 Å². The third-order valence-electron chi connectivity index (χ3n) is 5.96. The number of amides is 1. The van der Waals surface area contributed by atoms with Gasteiger partial charge in [0.1, 0.15) is 0 Å². The number of hydrogen-bond donors (Lipinski definition) is 1. The SMILES string of the molecule is CNCC1Cc2ccc(C)cc2N(C(=O)CCc2ccc(-c3ccccc3)cc2)C1. The molecule has 154 valence electrons.